The normalized spacial score (nSPS) is 11.0. The molecule has 0 atom stereocenters. The van der Waals surface area contributed by atoms with Gasteiger partial charge in [0.1, 0.15) is 12.4 Å². The molecule has 3 aromatic rings. The number of carbonyl (C=O) groups excluding carboxylic acids is 1. The SMILES string of the molecule is COCC(=O)NCc1ccc(-c2nc(C(C)C)ncc2-c2cc(C)no2)cc1. The monoisotopic (exact) mass is 380 g/mol. The van der Waals surface area contributed by atoms with Crippen LogP contribution in [-0.4, -0.2) is 34.7 Å². The number of rotatable bonds is 7. The highest BCUT2D eigenvalue weighted by molar-refractivity contribution is 5.78. The Labute approximate surface area is 164 Å². The van der Waals surface area contributed by atoms with E-state index in [1.54, 1.807) is 6.20 Å². The second-order valence-electron chi connectivity index (χ2n) is 6.88. The van der Waals surface area contributed by atoms with Crippen LogP contribution in [0.4, 0.5) is 0 Å². The van der Waals surface area contributed by atoms with Gasteiger partial charge >= 0.3 is 0 Å². The zero-order chi connectivity index (χ0) is 20.1. The molecule has 1 amide bonds. The summed E-state index contributed by atoms with van der Waals surface area (Å²) in [5, 5.41) is 6.78. The molecule has 0 aliphatic heterocycles. The molecule has 0 unspecified atom stereocenters. The van der Waals surface area contributed by atoms with E-state index in [2.05, 4.69) is 29.3 Å². The zero-order valence-electron chi connectivity index (χ0n) is 16.5. The summed E-state index contributed by atoms with van der Waals surface area (Å²) in [6.07, 6.45) is 1.79. The highest BCUT2D eigenvalue weighted by Crippen LogP contribution is 2.31. The van der Waals surface area contributed by atoms with Gasteiger partial charge in [-0.25, -0.2) is 9.97 Å². The Morgan fingerprint density at radius 1 is 1.25 bits per heavy atom. The van der Waals surface area contributed by atoms with Crippen LogP contribution in [0.5, 0.6) is 0 Å². The van der Waals surface area contributed by atoms with Crippen LogP contribution in [0.3, 0.4) is 0 Å². The molecule has 7 heteroatoms. The first-order valence-corrected chi connectivity index (χ1v) is 9.13. The van der Waals surface area contributed by atoms with Crippen LogP contribution in [-0.2, 0) is 16.1 Å². The molecule has 3 rings (SSSR count). The summed E-state index contributed by atoms with van der Waals surface area (Å²) < 4.78 is 10.3. The van der Waals surface area contributed by atoms with Crippen LogP contribution < -0.4 is 5.32 Å². The number of amides is 1. The molecule has 0 spiro atoms. The zero-order valence-corrected chi connectivity index (χ0v) is 16.5. The summed E-state index contributed by atoms with van der Waals surface area (Å²) in [6.45, 7) is 6.49. The summed E-state index contributed by atoms with van der Waals surface area (Å²) >= 11 is 0. The van der Waals surface area contributed by atoms with E-state index in [1.165, 1.54) is 7.11 Å². The van der Waals surface area contributed by atoms with Crippen molar-refractivity contribution in [2.75, 3.05) is 13.7 Å². The summed E-state index contributed by atoms with van der Waals surface area (Å²) in [6, 6.07) is 9.77. The molecule has 0 saturated heterocycles. The van der Waals surface area contributed by atoms with Crippen molar-refractivity contribution < 1.29 is 14.1 Å². The van der Waals surface area contributed by atoms with Gasteiger partial charge in [0.15, 0.2) is 5.76 Å². The minimum absolute atomic E-state index is 0.0525. The van der Waals surface area contributed by atoms with E-state index in [4.69, 9.17) is 14.2 Å². The maximum Gasteiger partial charge on any atom is 0.246 e. The Bertz CT molecular complexity index is 949. The molecular formula is C21H24N4O3. The summed E-state index contributed by atoms with van der Waals surface area (Å²) in [5.41, 5.74) is 4.33. The van der Waals surface area contributed by atoms with Crippen LogP contribution in [0.2, 0.25) is 0 Å². The number of aryl methyl sites for hydroxylation is 1. The Kier molecular flexibility index (Phi) is 6.16. The highest BCUT2D eigenvalue weighted by Gasteiger charge is 2.16. The van der Waals surface area contributed by atoms with Gasteiger partial charge in [-0.15, -0.1) is 0 Å². The lowest BCUT2D eigenvalue weighted by molar-refractivity contribution is -0.124. The largest absolute Gasteiger partial charge is 0.375 e. The number of ether oxygens (including phenoxy) is 1. The Morgan fingerprint density at radius 3 is 2.61 bits per heavy atom. The van der Waals surface area contributed by atoms with E-state index in [1.807, 2.05) is 37.3 Å². The van der Waals surface area contributed by atoms with Gasteiger partial charge in [0, 0.05) is 37.4 Å². The van der Waals surface area contributed by atoms with Crippen LogP contribution >= 0.6 is 0 Å². The van der Waals surface area contributed by atoms with Gasteiger partial charge in [-0.2, -0.15) is 0 Å². The fourth-order valence-electron chi connectivity index (χ4n) is 2.73. The summed E-state index contributed by atoms with van der Waals surface area (Å²) in [4.78, 5) is 20.8. The third kappa shape index (κ3) is 4.61. The van der Waals surface area contributed by atoms with Gasteiger partial charge in [0.05, 0.1) is 17.0 Å². The van der Waals surface area contributed by atoms with Gasteiger partial charge in [0.25, 0.3) is 0 Å². The molecule has 146 valence electrons. The fourth-order valence-corrected chi connectivity index (χ4v) is 2.73. The molecule has 0 saturated carbocycles. The van der Waals surface area contributed by atoms with Crippen LogP contribution in [0.25, 0.3) is 22.6 Å². The molecule has 2 heterocycles. The Morgan fingerprint density at radius 2 is 2.00 bits per heavy atom. The smallest absolute Gasteiger partial charge is 0.246 e. The van der Waals surface area contributed by atoms with Crippen molar-refractivity contribution in [3.63, 3.8) is 0 Å². The van der Waals surface area contributed by atoms with Gasteiger partial charge < -0.3 is 14.6 Å². The molecule has 7 nitrogen and oxygen atoms in total. The number of nitrogens with zero attached hydrogens (tertiary/aromatic N) is 3. The van der Waals surface area contributed by atoms with E-state index < -0.39 is 0 Å². The first kappa shape index (κ1) is 19.7. The van der Waals surface area contributed by atoms with Crippen LogP contribution in [0, 0.1) is 6.92 Å². The number of carbonyl (C=O) groups is 1. The minimum atomic E-state index is -0.146. The van der Waals surface area contributed by atoms with E-state index in [9.17, 15) is 4.79 Å². The predicted molar refractivity (Wildman–Crippen MR) is 106 cm³/mol. The fraction of sp³-hybridized carbons (Fsp3) is 0.333. The van der Waals surface area contributed by atoms with Crippen LogP contribution in [0.15, 0.2) is 41.1 Å². The van der Waals surface area contributed by atoms with Gasteiger partial charge in [0.2, 0.25) is 5.91 Å². The molecule has 0 radical (unpaired) electrons. The number of benzene rings is 1. The maximum atomic E-state index is 11.5. The molecule has 0 aliphatic rings. The first-order valence-electron chi connectivity index (χ1n) is 9.13. The minimum Gasteiger partial charge on any atom is -0.375 e. The Balaban J connectivity index is 1.90. The van der Waals surface area contributed by atoms with Crippen LogP contribution in [0.1, 0.15) is 36.8 Å². The maximum absolute atomic E-state index is 11.5. The third-order valence-corrected chi connectivity index (χ3v) is 4.21. The molecule has 0 aliphatic carbocycles. The van der Waals surface area contributed by atoms with Crippen molar-refractivity contribution in [3.05, 3.63) is 53.6 Å². The van der Waals surface area contributed by atoms with E-state index in [0.29, 0.717) is 12.3 Å². The van der Waals surface area contributed by atoms with Crippen molar-refractivity contribution in [2.24, 2.45) is 0 Å². The topological polar surface area (TPSA) is 90.1 Å². The number of aromatic nitrogens is 3. The van der Waals surface area contributed by atoms with E-state index in [0.717, 1.165) is 33.9 Å². The highest BCUT2D eigenvalue weighted by atomic mass is 16.5. The quantitative estimate of drug-likeness (QED) is 0.675. The Hall–Kier alpha value is -3.06. The molecule has 0 bridgehead atoms. The molecule has 0 fully saturated rings. The second-order valence-corrected chi connectivity index (χ2v) is 6.88. The van der Waals surface area contributed by atoms with Gasteiger partial charge in [-0.05, 0) is 12.5 Å². The lowest BCUT2D eigenvalue weighted by atomic mass is 10.0. The second kappa shape index (κ2) is 8.75. The number of hydrogen-bond acceptors (Lipinski definition) is 6. The molecule has 28 heavy (non-hydrogen) atoms. The molecular weight excluding hydrogens is 356 g/mol. The van der Waals surface area contributed by atoms with E-state index in [-0.39, 0.29) is 18.4 Å². The summed E-state index contributed by atoms with van der Waals surface area (Å²) in [7, 11) is 1.50. The molecule has 1 aromatic carbocycles. The predicted octanol–water partition coefficient (Wildman–Crippen LogP) is 3.49. The molecule has 2 aromatic heterocycles. The van der Waals surface area contributed by atoms with Crippen molar-refractivity contribution in [1.82, 2.24) is 20.4 Å². The average Bonchev–Trinajstić information content (AvgIpc) is 3.12. The number of methoxy groups -OCH3 is 1. The van der Waals surface area contributed by atoms with Crippen molar-refractivity contribution in [3.8, 4) is 22.6 Å². The lowest BCUT2D eigenvalue weighted by Crippen LogP contribution is -2.26. The van der Waals surface area contributed by atoms with Crippen molar-refractivity contribution in [2.45, 2.75) is 33.2 Å². The number of hydrogen-bond donors (Lipinski definition) is 1. The van der Waals surface area contributed by atoms with Gasteiger partial charge in [-0.3, -0.25) is 4.79 Å². The molecule has 1 N–H and O–H groups in total. The number of nitrogens with one attached hydrogen (secondary N) is 1. The van der Waals surface area contributed by atoms with Crippen molar-refractivity contribution in [1.29, 1.82) is 0 Å². The first-order chi connectivity index (χ1) is 13.5. The lowest BCUT2D eigenvalue weighted by Gasteiger charge is -2.11. The summed E-state index contributed by atoms with van der Waals surface area (Å²) in [5.74, 6) is 1.47. The average molecular weight is 380 g/mol. The van der Waals surface area contributed by atoms with Crippen molar-refractivity contribution >= 4 is 5.91 Å². The van der Waals surface area contributed by atoms with E-state index >= 15 is 0 Å². The third-order valence-electron chi connectivity index (χ3n) is 4.21. The standard InChI is InChI=1S/C21H24N4O3/c1-13(2)21-23-11-17(18-9-14(3)25-28-18)20(24-21)16-7-5-15(6-8-16)10-22-19(26)12-27-4/h5-9,11,13H,10,12H2,1-4H3,(H,22,26). The van der Waals surface area contributed by atoms with Gasteiger partial charge in [-0.1, -0.05) is 43.3 Å².